The van der Waals surface area contributed by atoms with Crippen LogP contribution < -0.4 is 10.1 Å². The number of hydrogen-bond acceptors (Lipinski definition) is 3. The van der Waals surface area contributed by atoms with E-state index in [9.17, 15) is 18.3 Å². The maximum Gasteiger partial charge on any atom is 0.401 e. The van der Waals surface area contributed by atoms with Crippen LogP contribution >= 0.6 is 15.9 Å². The van der Waals surface area contributed by atoms with Crippen molar-refractivity contribution in [3.8, 4) is 5.75 Å². The number of aliphatic hydroxyl groups is 1. The molecule has 0 aliphatic rings. The summed E-state index contributed by atoms with van der Waals surface area (Å²) in [6, 6.07) is 6.92. The molecular formula is C11H13BrF3NO2. The molecule has 1 aromatic rings. The molecule has 0 bridgehead atoms. The molecule has 0 aromatic heterocycles. The molecule has 1 unspecified atom stereocenters. The molecular weight excluding hydrogens is 315 g/mol. The summed E-state index contributed by atoms with van der Waals surface area (Å²) in [6.07, 6.45) is -5.26. The van der Waals surface area contributed by atoms with E-state index in [1.807, 2.05) is 0 Å². The van der Waals surface area contributed by atoms with Gasteiger partial charge in [-0.05, 0) is 24.3 Å². The van der Waals surface area contributed by atoms with Crippen LogP contribution in [-0.4, -0.2) is 37.1 Å². The highest BCUT2D eigenvalue weighted by molar-refractivity contribution is 9.10. The van der Waals surface area contributed by atoms with Gasteiger partial charge in [0.1, 0.15) is 18.5 Å². The van der Waals surface area contributed by atoms with E-state index in [0.717, 1.165) is 4.47 Å². The van der Waals surface area contributed by atoms with Crippen LogP contribution in [0.25, 0.3) is 0 Å². The zero-order valence-corrected chi connectivity index (χ0v) is 11.0. The number of ether oxygens (including phenoxy) is 1. The molecule has 0 aliphatic heterocycles. The standard InChI is InChI=1S/C11H13BrF3NO2/c12-8-1-3-10(4-2-8)18-6-9(17)5-16-7-11(13,14)15/h1-4,9,16-17H,5-7H2. The summed E-state index contributed by atoms with van der Waals surface area (Å²) in [4.78, 5) is 0. The van der Waals surface area contributed by atoms with Crippen LogP contribution in [0.1, 0.15) is 0 Å². The van der Waals surface area contributed by atoms with Crippen molar-refractivity contribution in [3.05, 3.63) is 28.7 Å². The second-order valence-corrected chi connectivity index (χ2v) is 4.58. The van der Waals surface area contributed by atoms with E-state index >= 15 is 0 Å². The van der Waals surface area contributed by atoms with Crippen molar-refractivity contribution < 1.29 is 23.0 Å². The summed E-state index contributed by atoms with van der Waals surface area (Å²) in [7, 11) is 0. The maximum absolute atomic E-state index is 11.8. The fraction of sp³-hybridized carbons (Fsp3) is 0.455. The molecule has 3 nitrogen and oxygen atoms in total. The van der Waals surface area contributed by atoms with Gasteiger partial charge in [-0.3, -0.25) is 0 Å². The fourth-order valence-electron chi connectivity index (χ4n) is 1.16. The molecule has 0 saturated carbocycles. The maximum atomic E-state index is 11.8. The molecule has 0 spiro atoms. The van der Waals surface area contributed by atoms with Gasteiger partial charge in [-0.25, -0.2) is 0 Å². The summed E-state index contributed by atoms with van der Waals surface area (Å²) in [6.45, 7) is -1.36. The van der Waals surface area contributed by atoms with Gasteiger partial charge in [-0.2, -0.15) is 13.2 Å². The molecule has 1 atom stereocenters. The van der Waals surface area contributed by atoms with Gasteiger partial charge in [0.05, 0.1) is 6.54 Å². The van der Waals surface area contributed by atoms with Crippen LogP contribution in [-0.2, 0) is 0 Å². The first-order valence-electron chi connectivity index (χ1n) is 5.21. The Labute approximate surface area is 111 Å². The summed E-state index contributed by atoms with van der Waals surface area (Å²) >= 11 is 3.26. The largest absolute Gasteiger partial charge is 0.491 e. The Balaban J connectivity index is 2.21. The Kier molecular flexibility index (Phi) is 5.90. The highest BCUT2D eigenvalue weighted by Crippen LogP contribution is 2.16. The van der Waals surface area contributed by atoms with E-state index in [-0.39, 0.29) is 13.2 Å². The molecule has 1 aromatic carbocycles. The Morgan fingerprint density at radius 1 is 1.28 bits per heavy atom. The van der Waals surface area contributed by atoms with Crippen molar-refractivity contribution in [1.82, 2.24) is 5.32 Å². The van der Waals surface area contributed by atoms with E-state index in [0.29, 0.717) is 5.75 Å². The molecule has 0 saturated heterocycles. The first-order chi connectivity index (χ1) is 8.37. The second kappa shape index (κ2) is 6.96. The molecule has 0 heterocycles. The van der Waals surface area contributed by atoms with E-state index in [2.05, 4.69) is 21.2 Å². The molecule has 102 valence electrons. The van der Waals surface area contributed by atoms with Gasteiger partial charge in [0.15, 0.2) is 0 Å². The molecule has 7 heteroatoms. The zero-order chi connectivity index (χ0) is 13.6. The van der Waals surface area contributed by atoms with Crippen LogP contribution in [0.15, 0.2) is 28.7 Å². The monoisotopic (exact) mass is 327 g/mol. The quantitative estimate of drug-likeness (QED) is 0.842. The lowest BCUT2D eigenvalue weighted by Crippen LogP contribution is -2.37. The molecule has 0 fully saturated rings. The van der Waals surface area contributed by atoms with Gasteiger partial charge in [-0.15, -0.1) is 0 Å². The number of rotatable bonds is 6. The molecule has 2 N–H and O–H groups in total. The highest BCUT2D eigenvalue weighted by atomic mass is 79.9. The van der Waals surface area contributed by atoms with Crippen molar-refractivity contribution in [2.75, 3.05) is 19.7 Å². The van der Waals surface area contributed by atoms with Crippen LogP contribution in [0.4, 0.5) is 13.2 Å². The minimum atomic E-state index is -4.27. The van der Waals surface area contributed by atoms with Gasteiger partial charge in [0, 0.05) is 11.0 Å². The van der Waals surface area contributed by atoms with Gasteiger partial charge < -0.3 is 15.2 Å². The molecule has 18 heavy (non-hydrogen) atoms. The van der Waals surface area contributed by atoms with Crippen LogP contribution in [0.5, 0.6) is 5.75 Å². The summed E-state index contributed by atoms with van der Waals surface area (Å²) in [5, 5.41) is 11.5. The normalized spacial score (nSPS) is 13.4. The SMILES string of the molecule is OC(CNCC(F)(F)F)COc1ccc(Br)cc1. The van der Waals surface area contributed by atoms with Gasteiger partial charge in [0.2, 0.25) is 0 Å². The number of aliphatic hydroxyl groups excluding tert-OH is 1. The summed E-state index contributed by atoms with van der Waals surface area (Å²) in [5.41, 5.74) is 0. The first-order valence-corrected chi connectivity index (χ1v) is 6.00. The average Bonchev–Trinajstić information content (AvgIpc) is 2.26. The molecule has 0 aliphatic carbocycles. The Morgan fingerprint density at radius 3 is 2.44 bits per heavy atom. The number of halogens is 4. The van der Waals surface area contributed by atoms with E-state index in [4.69, 9.17) is 4.74 Å². The van der Waals surface area contributed by atoms with E-state index in [1.54, 1.807) is 24.3 Å². The minimum Gasteiger partial charge on any atom is -0.491 e. The van der Waals surface area contributed by atoms with Crippen molar-refractivity contribution in [2.24, 2.45) is 0 Å². The van der Waals surface area contributed by atoms with Gasteiger partial charge >= 0.3 is 6.18 Å². The first kappa shape index (κ1) is 15.3. The van der Waals surface area contributed by atoms with Gasteiger partial charge in [-0.1, -0.05) is 15.9 Å². The highest BCUT2D eigenvalue weighted by Gasteiger charge is 2.26. The van der Waals surface area contributed by atoms with Crippen LogP contribution in [0, 0.1) is 0 Å². The summed E-state index contributed by atoms with van der Waals surface area (Å²) in [5.74, 6) is 0.549. The zero-order valence-electron chi connectivity index (χ0n) is 9.38. The molecule has 0 amide bonds. The van der Waals surface area contributed by atoms with Crippen LogP contribution in [0.2, 0.25) is 0 Å². The van der Waals surface area contributed by atoms with E-state index < -0.39 is 18.8 Å². The Morgan fingerprint density at radius 2 is 1.89 bits per heavy atom. The molecule has 0 radical (unpaired) electrons. The third kappa shape index (κ3) is 6.83. The fourth-order valence-corrected chi connectivity index (χ4v) is 1.43. The van der Waals surface area contributed by atoms with Crippen molar-refractivity contribution in [3.63, 3.8) is 0 Å². The lowest BCUT2D eigenvalue weighted by molar-refractivity contribution is -0.125. The third-order valence-electron chi connectivity index (χ3n) is 1.96. The van der Waals surface area contributed by atoms with Crippen molar-refractivity contribution >= 4 is 15.9 Å². The van der Waals surface area contributed by atoms with Gasteiger partial charge in [0.25, 0.3) is 0 Å². The lowest BCUT2D eigenvalue weighted by atomic mass is 10.3. The topological polar surface area (TPSA) is 41.5 Å². The lowest BCUT2D eigenvalue weighted by Gasteiger charge is -2.14. The predicted molar refractivity (Wildman–Crippen MR) is 64.6 cm³/mol. The number of nitrogens with one attached hydrogen (secondary N) is 1. The number of hydrogen-bond donors (Lipinski definition) is 2. The van der Waals surface area contributed by atoms with E-state index in [1.165, 1.54) is 0 Å². The predicted octanol–water partition coefficient (Wildman–Crippen LogP) is 2.34. The second-order valence-electron chi connectivity index (χ2n) is 3.66. The minimum absolute atomic E-state index is 0.0630. The van der Waals surface area contributed by atoms with Crippen molar-refractivity contribution in [2.45, 2.75) is 12.3 Å². The Hall–Kier alpha value is -0.790. The average molecular weight is 328 g/mol. The molecule has 1 rings (SSSR count). The smallest absolute Gasteiger partial charge is 0.401 e. The van der Waals surface area contributed by atoms with Crippen LogP contribution in [0.3, 0.4) is 0 Å². The Bertz CT molecular complexity index is 356. The number of alkyl halides is 3. The van der Waals surface area contributed by atoms with Crippen molar-refractivity contribution in [1.29, 1.82) is 0 Å². The third-order valence-corrected chi connectivity index (χ3v) is 2.49. The summed E-state index contributed by atoms with van der Waals surface area (Å²) < 4.78 is 41.5. The number of benzene rings is 1.